The van der Waals surface area contributed by atoms with Gasteiger partial charge in [0.1, 0.15) is 11.5 Å². The molecule has 1 unspecified atom stereocenters. The summed E-state index contributed by atoms with van der Waals surface area (Å²) < 4.78 is 22.6. The summed E-state index contributed by atoms with van der Waals surface area (Å²) in [7, 11) is 0. The van der Waals surface area contributed by atoms with Gasteiger partial charge in [-0.25, -0.2) is 0 Å². The molecule has 0 radical (unpaired) electrons. The minimum atomic E-state index is -0.617. The highest BCUT2D eigenvalue weighted by Crippen LogP contribution is 2.31. The third kappa shape index (κ3) is 4.70. The Morgan fingerprint density at radius 3 is 2.65 bits per heavy atom. The van der Waals surface area contributed by atoms with Crippen molar-refractivity contribution >= 4 is 27.5 Å². The van der Waals surface area contributed by atoms with Crippen LogP contribution >= 0.6 is 0 Å². The molecule has 1 saturated heterocycles. The van der Waals surface area contributed by atoms with Gasteiger partial charge in [-0.15, -0.1) is 0 Å². The summed E-state index contributed by atoms with van der Waals surface area (Å²) in [6, 6.07) is 14.5. The highest BCUT2D eigenvalue weighted by molar-refractivity contribution is 5.97. The van der Waals surface area contributed by atoms with Crippen molar-refractivity contribution in [2.24, 2.45) is 0 Å². The normalized spacial score (nSPS) is 17.7. The summed E-state index contributed by atoms with van der Waals surface area (Å²) in [6.45, 7) is 6.40. The van der Waals surface area contributed by atoms with Crippen LogP contribution in [-0.2, 0) is 14.3 Å². The highest BCUT2D eigenvalue weighted by Gasteiger charge is 2.32. The predicted molar refractivity (Wildman–Crippen MR) is 119 cm³/mol. The number of carbonyl (C=O) groups is 1. The van der Waals surface area contributed by atoms with E-state index in [1.54, 1.807) is 18.2 Å². The molecule has 0 N–H and O–H groups in total. The van der Waals surface area contributed by atoms with E-state index in [2.05, 4.69) is 0 Å². The second kappa shape index (κ2) is 8.65. The first kappa shape index (κ1) is 21.3. The SMILES string of the molecule is CCOc1cc(OC(=O)CCC2COC(C)(C)O2)cc2ccc3ccccc3c(=O)c12. The maximum absolute atomic E-state index is 13.2. The summed E-state index contributed by atoms with van der Waals surface area (Å²) in [5, 5.41) is 2.59. The van der Waals surface area contributed by atoms with Crippen molar-refractivity contribution in [2.75, 3.05) is 13.2 Å². The molecular weight excluding hydrogens is 396 g/mol. The Morgan fingerprint density at radius 1 is 1.13 bits per heavy atom. The summed E-state index contributed by atoms with van der Waals surface area (Å²) >= 11 is 0. The Labute approximate surface area is 180 Å². The largest absolute Gasteiger partial charge is 0.493 e. The van der Waals surface area contributed by atoms with Gasteiger partial charge < -0.3 is 18.9 Å². The molecule has 0 saturated carbocycles. The number of hydrogen-bond acceptors (Lipinski definition) is 6. The second-order valence-electron chi connectivity index (χ2n) is 8.03. The van der Waals surface area contributed by atoms with Crippen molar-refractivity contribution in [1.29, 1.82) is 0 Å². The third-order valence-corrected chi connectivity index (χ3v) is 5.25. The van der Waals surface area contributed by atoms with E-state index >= 15 is 0 Å². The predicted octanol–water partition coefficient (Wildman–Crippen LogP) is 4.59. The van der Waals surface area contributed by atoms with Crippen molar-refractivity contribution in [2.45, 2.75) is 45.5 Å². The van der Waals surface area contributed by atoms with E-state index in [1.807, 2.05) is 51.1 Å². The van der Waals surface area contributed by atoms with E-state index in [9.17, 15) is 9.59 Å². The maximum Gasteiger partial charge on any atom is 0.311 e. The van der Waals surface area contributed by atoms with Crippen molar-refractivity contribution in [3.05, 3.63) is 58.8 Å². The first-order chi connectivity index (χ1) is 14.9. The summed E-state index contributed by atoms with van der Waals surface area (Å²) in [5.74, 6) is -0.236. The zero-order valence-electron chi connectivity index (χ0n) is 18.0. The standard InChI is InChI=1S/C25H26O6/c1-4-28-21-14-19(30-22(26)12-11-18-15-29-25(2,3)31-18)13-17-10-9-16-7-5-6-8-20(16)24(27)23(17)21/h5-10,13-14,18H,4,11-12,15H2,1-3H3. The molecule has 3 aromatic rings. The maximum atomic E-state index is 13.2. The van der Waals surface area contributed by atoms with Gasteiger partial charge in [0.25, 0.3) is 0 Å². The molecule has 0 spiro atoms. The Morgan fingerprint density at radius 2 is 1.90 bits per heavy atom. The van der Waals surface area contributed by atoms with E-state index in [4.69, 9.17) is 18.9 Å². The van der Waals surface area contributed by atoms with Gasteiger partial charge in [-0.1, -0.05) is 36.4 Å². The Balaban J connectivity index is 1.62. The van der Waals surface area contributed by atoms with E-state index in [-0.39, 0.29) is 23.9 Å². The average molecular weight is 422 g/mol. The zero-order chi connectivity index (χ0) is 22.0. The van der Waals surface area contributed by atoms with Crippen LogP contribution in [0.4, 0.5) is 0 Å². The topological polar surface area (TPSA) is 71.1 Å². The molecule has 1 aliphatic rings. The van der Waals surface area contributed by atoms with Gasteiger partial charge in [-0.3, -0.25) is 9.59 Å². The van der Waals surface area contributed by atoms with Gasteiger partial charge in [0.15, 0.2) is 11.2 Å². The van der Waals surface area contributed by atoms with Crippen molar-refractivity contribution in [3.8, 4) is 11.5 Å². The number of fused-ring (bicyclic) bond motifs is 2. The summed E-state index contributed by atoms with van der Waals surface area (Å²) in [6.07, 6.45) is 0.581. The van der Waals surface area contributed by atoms with Gasteiger partial charge in [0, 0.05) is 17.9 Å². The van der Waals surface area contributed by atoms with Crippen LogP contribution in [0.2, 0.25) is 0 Å². The van der Waals surface area contributed by atoms with E-state index in [0.717, 1.165) is 5.39 Å². The van der Waals surface area contributed by atoms with Crippen molar-refractivity contribution in [3.63, 3.8) is 0 Å². The van der Waals surface area contributed by atoms with Gasteiger partial charge in [0.05, 0.1) is 24.7 Å². The van der Waals surface area contributed by atoms with Crippen molar-refractivity contribution in [1.82, 2.24) is 0 Å². The fourth-order valence-electron chi connectivity index (χ4n) is 3.84. The molecule has 162 valence electrons. The fourth-order valence-corrected chi connectivity index (χ4v) is 3.84. The monoisotopic (exact) mass is 422 g/mol. The minimum absolute atomic E-state index is 0.113. The molecule has 4 rings (SSSR count). The number of ether oxygens (including phenoxy) is 4. The van der Waals surface area contributed by atoms with Crippen LogP contribution in [0.15, 0.2) is 53.3 Å². The molecule has 6 nitrogen and oxygen atoms in total. The van der Waals surface area contributed by atoms with Gasteiger partial charge in [-0.05, 0) is 44.0 Å². The molecule has 1 fully saturated rings. The number of rotatable bonds is 6. The van der Waals surface area contributed by atoms with Crippen LogP contribution in [0, 0.1) is 0 Å². The summed E-state index contributed by atoms with van der Waals surface area (Å²) in [4.78, 5) is 25.6. The molecule has 3 aromatic carbocycles. The smallest absolute Gasteiger partial charge is 0.311 e. The van der Waals surface area contributed by atoms with E-state index in [1.165, 1.54) is 0 Å². The van der Waals surface area contributed by atoms with Crippen LogP contribution in [0.25, 0.3) is 21.5 Å². The Hall–Kier alpha value is -2.96. The van der Waals surface area contributed by atoms with Gasteiger partial charge in [0.2, 0.25) is 0 Å². The number of hydrogen-bond donors (Lipinski definition) is 0. The lowest BCUT2D eigenvalue weighted by Gasteiger charge is -2.16. The fraction of sp³-hybridized carbons (Fsp3) is 0.360. The zero-order valence-corrected chi connectivity index (χ0v) is 18.0. The number of benzene rings is 2. The average Bonchev–Trinajstić information content (AvgIpc) is 3.02. The van der Waals surface area contributed by atoms with Crippen LogP contribution in [0.1, 0.15) is 33.6 Å². The molecule has 0 bridgehead atoms. The Kier molecular flexibility index (Phi) is 5.94. The molecule has 0 aromatic heterocycles. The molecule has 0 aliphatic carbocycles. The molecule has 6 heteroatoms. The molecule has 1 aliphatic heterocycles. The van der Waals surface area contributed by atoms with Crippen LogP contribution < -0.4 is 14.9 Å². The van der Waals surface area contributed by atoms with Crippen LogP contribution in [-0.4, -0.2) is 31.1 Å². The molecular formula is C25H26O6. The molecule has 31 heavy (non-hydrogen) atoms. The number of esters is 1. The highest BCUT2D eigenvalue weighted by atomic mass is 16.7. The van der Waals surface area contributed by atoms with Gasteiger partial charge in [-0.2, -0.15) is 0 Å². The lowest BCUT2D eigenvalue weighted by atomic mass is 10.1. The lowest BCUT2D eigenvalue weighted by Crippen LogP contribution is -2.22. The summed E-state index contributed by atoms with van der Waals surface area (Å²) in [5.41, 5.74) is -0.113. The Bertz CT molecular complexity index is 1180. The van der Waals surface area contributed by atoms with E-state index in [0.29, 0.717) is 47.3 Å². The third-order valence-electron chi connectivity index (χ3n) is 5.25. The quantitative estimate of drug-likeness (QED) is 0.427. The first-order valence-corrected chi connectivity index (χ1v) is 10.5. The minimum Gasteiger partial charge on any atom is -0.493 e. The lowest BCUT2D eigenvalue weighted by molar-refractivity contribution is -0.143. The molecule has 1 atom stereocenters. The molecule has 1 heterocycles. The van der Waals surface area contributed by atoms with Crippen molar-refractivity contribution < 1.29 is 23.7 Å². The first-order valence-electron chi connectivity index (χ1n) is 10.5. The number of carbonyl (C=O) groups excluding carboxylic acids is 1. The second-order valence-corrected chi connectivity index (χ2v) is 8.03. The van der Waals surface area contributed by atoms with E-state index < -0.39 is 5.79 Å². The van der Waals surface area contributed by atoms with Crippen LogP contribution in [0.3, 0.4) is 0 Å². The van der Waals surface area contributed by atoms with Crippen LogP contribution in [0.5, 0.6) is 11.5 Å². The molecule has 0 amide bonds. The van der Waals surface area contributed by atoms with Gasteiger partial charge >= 0.3 is 5.97 Å².